The molecule has 0 atom stereocenters. The van der Waals surface area contributed by atoms with E-state index in [2.05, 4.69) is 54.8 Å². The average molecular weight is 316 g/mol. The Balaban J connectivity index is 2.45. The van der Waals surface area contributed by atoms with Crippen LogP contribution in [0.2, 0.25) is 18.1 Å². The van der Waals surface area contributed by atoms with Crippen LogP contribution in [0.5, 0.6) is 0 Å². The normalized spacial score (nSPS) is 12.8. The summed E-state index contributed by atoms with van der Waals surface area (Å²) in [4.78, 5) is 4.35. The molecule has 1 aromatic heterocycles. The Kier molecular flexibility index (Phi) is 4.92. The summed E-state index contributed by atoms with van der Waals surface area (Å²) in [5, 5.41) is 0.278. The largest absolute Gasteiger partial charge is 0.416 e. The van der Waals surface area contributed by atoms with Gasteiger partial charge in [-0.3, -0.25) is 4.98 Å². The number of hydrogen-bond acceptors (Lipinski definition) is 2. The molecule has 0 spiro atoms. The zero-order valence-electron chi connectivity index (χ0n) is 11.4. The molecular weight excluding hydrogens is 294 g/mol. The molecule has 1 rings (SSSR count). The number of nitrogens with zero attached hydrogens (tertiary/aromatic N) is 1. The molecule has 17 heavy (non-hydrogen) atoms. The van der Waals surface area contributed by atoms with E-state index in [9.17, 15) is 0 Å². The van der Waals surface area contributed by atoms with Crippen LogP contribution in [0.3, 0.4) is 0 Å². The molecule has 0 fully saturated rings. The molecule has 0 N–H and O–H groups in total. The zero-order chi connectivity index (χ0) is 13.1. The maximum absolute atomic E-state index is 6.12. The molecular formula is C13H22BrNOSi. The summed E-state index contributed by atoms with van der Waals surface area (Å²) in [5.74, 6) is 0. The van der Waals surface area contributed by atoms with Gasteiger partial charge >= 0.3 is 0 Å². The van der Waals surface area contributed by atoms with Crippen molar-refractivity contribution in [1.29, 1.82) is 0 Å². The van der Waals surface area contributed by atoms with Crippen LogP contribution in [-0.4, -0.2) is 19.9 Å². The quantitative estimate of drug-likeness (QED) is 0.768. The van der Waals surface area contributed by atoms with Crippen molar-refractivity contribution in [1.82, 2.24) is 4.98 Å². The van der Waals surface area contributed by atoms with E-state index in [0.29, 0.717) is 0 Å². The first-order valence-electron chi connectivity index (χ1n) is 5.97. The van der Waals surface area contributed by atoms with Crippen LogP contribution in [-0.2, 0) is 10.8 Å². The van der Waals surface area contributed by atoms with Gasteiger partial charge in [0.2, 0.25) is 0 Å². The van der Waals surface area contributed by atoms with Gasteiger partial charge in [-0.2, -0.15) is 0 Å². The predicted octanol–water partition coefficient (Wildman–Crippen LogP) is 4.41. The van der Waals surface area contributed by atoms with Crippen molar-refractivity contribution in [3.05, 3.63) is 28.5 Å². The highest BCUT2D eigenvalue weighted by Crippen LogP contribution is 2.36. The number of halogens is 1. The fraction of sp³-hybridized carbons (Fsp3) is 0.615. The van der Waals surface area contributed by atoms with E-state index in [4.69, 9.17) is 4.43 Å². The fourth-order valence-electron chi connectivity index (χ4n) is 1.18. The van der Waals surface area contributed by atoms with Crippen LogP contribution in [0.4, 0.5) is 0 Å². The van der Waals surface area contributed by atoms with Gasteiger partial charge in [0.15, 0.2) is 8.32 Å². The Morgan fingerprint density at radius 3 is 2.41 bits per heavy atom. The lowest BCUT2D eigenvalue weighted by atomic mass is 10.2. The topological polar surface area (TPSA) is 22.1 Å². The summed E-state index contributed by atoms with van der Waals surface area (Å²) in [6.07, 6.45) is 2.72. The third-order valence-corrected chi connectivity index (χ3v) is 8.42. The molecule has 96 valence electrons. The van der Waals surface area contributed by atoms with Gasteiger partial charge in [-0.15, -0.1) is 0 Å². The molecule has 0 aromatic carbocycles. The van der Waals surface area contributed by atoms with Gasteiger partial charge in [-0.1, -0.05) is 20.8 Å². The van der Waals surface area contributed by atoms with Crippen LogP contribution in [0.15, 0.2) is 22.8 Å². The second-order valence-corrected chi connectivity index (χ2v) is 11.6. The Hall–Kier alpha value is -0.193. The van der Waals surface area contributed by atoms with Crippen LogP contribution >= 0.6 is 15.9 Å². The number of hydrogen-bond donors (Lipinski definition) is 0. The Morgan fingerprint density at radius 2 is 1.94 bits per heavy atom. The summed E-state index contributed by atoms with van der Waals surface area (Å²) in [6, 6.07) is 4.06. The maximum Gasteiger partial charge on any atom is 0.191 e. The summed E-state index contributed by atoms with van der Waals surface area (Å²) in [6.45, 7) is 12.1. The molecule has 0 saturated heterocycles. The number of rotatable bonds is 4. The second kappa shape index (κ2) is 5.63. The van der Waals surface area contributed by atoms with Crippen LogP contribution in [0, 0.1) is 0 Å². The standard InChI is InChI=1S/C13H22BrNOSi/c1-13(2,3)17(4,5)16-9-8-12-7-6-11(14)10-15-12/h6-7,10H,8-9H2,1-5H3. The van der Waals surface area contributed by atoms with E-state index in [1.807, 2.05) is 18.3 Å². The summed E-state index contributed by atoms with van der Waals surface area (Å²) in [7, 11) is -1.61. The van der Waals surface area contributed by atoms with Crippen molar-refractivity contribution >= 4 is 24.2 Å². The van der Waals surface area contributed by atoms with Gasteiger partial charge in [0.05, 0.1) is 0 Å². The van der Waals surface area contributed by atoms with E-state index >= 15 is 0 Å². The van der Waals surface area contributed by atoms with Gasteiger partial charge in [0.25, 0.3) is 0 Å². The first kappa shape index (κ1) is 14.9. The molecule has 0 radical (unpaired) electrons. The minimum Gasteiger partial charge on any atom is -0.416 e. The highest BCUT2D eigenvalue weighted by molar-refractivity contribution is 9.10. The van der Waals surface area contributed by atoms with Crippen molar-refractivity contribution in [3.8, 4) is 0 Å². The summed E-state index contributed by atoms with van der Waals surface area (Å²) >= 11 is 3.38. The molecule has 0 saturated carbocycles. The van der Waals surface area contributed by atoms with Crippen molar-refractivity contribution in [2.75, 3.05) is 6.61 Å². The molecule has 0 aliphatic heterocycles. The summed E-state index contributed by atoms with van der Waals surface area (Å²) < 4.78 is 7.14. The molecule has 0 amide bonds. The zero-order valence-corrected chi connectivity index (χ0v) is 14.0. The van der Waals surface area contributed by atoms with E-state index < -0.39 is 8.32 Å². The fourth-order valence-corrected chi connectivity index (χ4v) is 2.46. The molecule has 0 bridgehead atoms. The van der Waals surface area contributed by atoms with Gasteiger partial charge in [0, 0.05) is 29.4 Å². The predicted molar refractivity (Wildman–Crippen MR) is 78.8 cm³/mol. The van der Waals surface area contributed by atoms with E-state index in [1.165, 1.54) is 0 Å². The lowest BCUT2D eigenvalue weighted by Gasteiger charge is -2.36. The lowest BCUT2D eigenvalue weighted by molar-refractivity contribution is 0.291. The third kappa shape index (κ3) is 4.52. The van der Waals surface area contributed by atoms with E-state index in [-0.39, 0.29) is 5.04 Å². The SMILES string of the molecule is CC(C)(C)[Si](C)(C)OCCc1ccc(Br)cn1. The van der Waals surface area contributed by atoms with Gasteiger partial charge in [-0.05, 0) is 46.2 Å². The molecule has 0 aliphatic rings. The number of pyridine rings is 1. The van der Waals surface area contributed by atoms with Crippen LogP contribution in [0.1, 0.15) is 26.5 Å². The highest BCUT2D eigenvalue weighted by atomic mass is 79.9. The minimum absolute atomic E-state index is 0.278. The third-order valence-electron chi connectivity index (χ3n) is 3.42. The Labute approximate surface area is 114 Å². The number of aromatic nitrogens is 1. The minimum atomic E-state index is -1.61. The average Bonchev–Trinajstić information content (AvgIpc) is 2.19. The Morgan fingerprint density at radius 1 is 1.29 bits per heavy atom. The van der Waals surface area contributed by atoms with Crippen molar-refractivity contribution in [3.63, 3.8) is 0 Å². The first-order valence-corrected chi connectivity index (χ1v) is 9.67. The smallest absolute Gasteiger partial charge is 0.191 e. The molecule has 2 nitrogen and oxygen atoms in total. The lowest BCUT2D eigenvalue weighted by Crippen LogP contribution is -2.41. The molecule has 0 unspecified atom stereocenters. The monoisotopic (exact) mass is 315 g/mol. The van der Waals surface area contributed by atoms with Gasteiger partial charge < -0.3 is 4.43 Å². The van der Waals surface area contributed by atoms with Crippen molar-refractivity contribution in [2.24, 2.45) is 0 Å². The summed E-state index contributed by atoms with van der Waals surface area (Å²) in [5.41, 5.74) is 1.09. The molecule has 4 heteroatoms. The first-order chi connectivity index (χ1) is 7.72. The van der Waals surface area contributed by atoms with Gasteiger partial charge in [0.1, 0.15) is 0 Å². The van der Waals surface area contributed by atoms with Crippen LogP contribution in [0.25, 0.3) is 0 Å². The van der Waals surface area contributed by atoms with E-state index in [0.717, 1.165) is 23.2 Å². The maximum atomic E-state index is 6.12. The molecule has 1 heterocycles. The van der Waals surface area contributed by atoms with Crippen molar-refractivity contribution in [2.45, 2.75) is 45.3 Å². The highest BCUT2D eigenvalue weighted by Gasteiger charge is 2.36. The van der Waals surface area contributed by atoms with E-state index in [1.54, 1.807) is 0 Å². The molecule has 1 aromatic rings. The second-order valence-electron chi connectivity index (χ2n) is 5.83. The van der Waals surface area contributed by atoms with Gasteiger partial charge in [-0.25, -0.2) is 0 Å². The van der Waals surface area contributed by atoms with Crippen LogP contribution < -0.4 is 0 Å². The molecule has 0 aliphatic carbocycles. The Bertz CT molecular complexity index is 357. The van der Waals surface area contributed by atoms with Crippen molar-refractivity contribution < 1.29 is 4.43 Å².